The molecule has 0 aliphatic rings. The minimum absolute atomic E-state index is 0.171. The Hall–Kier alpha value is -1.43. The van der Waals surface area contributed by atoms with Gasteiger partial charge in [-0.15, -0.1) is 0 Å². The molecule has 0 N–H and O–H groups in total. The third kappa shape index (κ3) is 3.48. The number of sulfonamides is 1. The summed E-state index contributed by atoms with van der Waals surface area (Å²) in [5.74, 6) is 0.624. The van der Waals surface area contributed by atoms with Crippen LogP contribution in [0.25, 0.3) is 0 Å². The molecule has 0 saturated heterocycles. The zero-order valence-electron chi connectivity index (χ0n) is 12.1. The molecule has 0 saturated carbocycles. The fourth-order valence-electron chi connectivity index (χ4n) is 1.85. The molecule has 0 bridgehead atoms. The zero-order valence-corrected chi connectivity index (χ0v) is 14.4. The Balaban J connectivity index is 2.34. The monoisotopic (exact) mass is 359 g/mol. The highest BCUT2D eigenvalue weighted by atomic mass is 35.5. The lowest BCUT2D eigenvalue weighted by atomic mass is 10.3. The largest absolute Gasteiger partial charge is 0.494 e. The smallest absolute Gasteiger partial charge is 0.264 e. The first-order valence-electron chi connectivity index (χ1n) is 6.53. The maximum Gasteiger partial charge on any atom is 0.264 e. The second kappa shape index (κ2) is 6.77. The van der Waals surface area contributed by atoms with E-state index in [2.05, 4.69) is 0 Å². The number of hydrogen-bond acceptors (Lipinski definition) is 3. The summed E-state index contributed by atoms with van der Waals surface area (Å²) < 4.78 is 31.7. The van der Waals surface area contributed by atoms with E-state index in [0.29, 0.717) is 28.1 Å². The molecule has 0 aromatic heterocycles. The molecule has 2 aromatic rings. The Labute approximate surface area is 140 Å². The van der Waals surface area contributed by atoms with Crippen LogP contribution < -0.4 is 9.04 Å². The summed E-state index contributed by atoms with van der Waals surface area (Å²) >= 11 is 11.8. The Morgan fingerprint density at radius 3 is 2.23 bits per heavy atom. The second-order valence-electron chi connectivity index (χ2n) is 4.48. The summed E-state index contributed by atoms with van der Waals surface area (Å²) in [7, 11) is -2.21. The van der Waals surface area contributed by atoms with E-state index in [-0.39, 0.29) is 4.90 Å². The van der Waals surface area contributed by atoms with Crippen LogP contribution in [0.1, 0.15) is 6.92 Å². The van der Waals surface area contributed by atoms with E-state index in [4.69, 9.17) is 27.9 Å². The summed E-state index contributed by atoms with van der Waals surface area (Å²) in [6.07, 6.45) is 0. The molecule has 2 rings (SSSR count). The average molecular weight is 360 g/mol. The molecular weight excluding hydrogens is 345 g/mol. The molecule has 0 aliphatic carbocycles. The molecule has 7 heteroatoms. The first-order chi connectivity index (χ1) is 10.4. The Bertz CT molecular complexity index is 761. The number of nitrogens with zero attached hydrogens (tertiary/aromatic N) is 1. The highest BCUT2D eigenvalue weighted by molar-refractivity contribution is 7.92. The standard InChI is InChI=1S/C15H15Cl2NO3S/c1-3-21-12-5-7-13(8-6-12)22(19,20)18(2)11-4-9-14(16)15(17)10-11/h4-10H,3H2,1-2H3. The normalized spacial score (nSPS) is 11.3. The van der Waals surface area contributed by atoms with Crippen LogP contribution in [0.3, 0.4) is 0 Å². The van der Waals surface area contributed by atoms with Gasteiger partial charge in [0.15, 0.2) is 0 Å². The summed E-state index contributed by atoms with van der Waals surface area (Å²) in [6.45, 7) is 2.39. The molecule has 2 aromatic carbocycles. The van der Waals surface area contributed by atoms with Crippen LogP contribution in [0.4, 0.5) is 5.69 Å². The lowest BCUT2D eigenvalue weighted by Crippen LogP contribution is -2.26. The minimum atomic E-state index is -3.68. The molecule has 0 heterocycles. The number of hydrogen-bond donors (Lipinski definition) is 0. The number of benzene rings is 2. The van der Waals surface area contributed by atoms with Crippen molar-refractivity contribution in [1.29, 1.82) is 0 Å². The van der Waals surface area contributed by atoms with Crippen LogP contribution in [-0.2, 0) is 10.0 Å². The van der Waals surface area contributed by atoms with Crippen molar-refractivity contribution in [2.75, 3.05) is 18.0 Å². The van der Waals surface area contributed by atoms with Crippen molar-refractivity contribution in [3.63, 3.8) is 0 Å². The average Bonchev–Trinajstić information content (AvgIpc) is 2.50. The van der Waals surface area contributed by atoms with E-state index in [1.807, 2.05) is 6.92 Å². The van der Waals surface area contributed by atoms with Crippen molar-refractivity contribution in [3.05, 3.63) is 52.5 Å². The molecule has 0 atom stereocenters. The van der Waals surface area contributed by atoms with Gasteiger partial charge in [0, 0.05) is 7.05 Å². The fraction of sp³-hybridized carbons (Fsp3) is 0.200. The van der Waals surface area contributed by atoms with Crippen LogP contribution in [0.5, 0.6) is 5.75 Å². The van der Waals surface area contributed by atoms with Gasteiger partial charge in [-0.3, -0.25) is 4.31 Å². The molecule has 0 aliphatic heterocycles. The Morgan fingerprint density at radius 1 is 1.05 bits per heavy atom. The molecule has 22 heavy (non-hydrogen) atoms. The maximum atomic E-state index is 12.6. The summed E-state index contributed by atoms with van der Waals surface area (Å²) in [5.41, 5.74) is 0.434. The molecule has 0 spiro atoms. The van der Waals surface area contributed by atoms with Gasteiger partial charge < -0.3 is 4.74 Å². The highest BCUT2D eigenvalue weighted by Gasteiger charge is 2.21. The van der Waals surface area contributed by atoms with Crippen LogP contribution in [-0.4, -0.2) is 22.1 Å². The Kier molecular flexibility index (Phi) is 5.21. The minimum Gasteiger partial charge on any atom is -0.494 e. The summed E-state index contributed by atoms with van der Waals surface area (Å²) in [5, 5.41) is 0.671. The van der Waals surface area contributed by atoms with E-state index >= 15 is 0 Å². The third-order valence-electron chi connectivity index (χ3n) is 3.06. The molecule has 0 amide bonds. The number of halogens is 2. The predicted octanol–water partition coefficient (Wildman–Crippen LogP) is 4.22. The quantitative estimate of drug-likeness (QED) is 0.802. The molecule has 0 fully saturated rings. The first kappa shape index (κ1) is 16.9. The fourth-order valence-corrected chi connectivity index (χ4v) is 3.33. The first-order valence-corrected chi connectivity index (χ1v) is 8.72. The maximum absolute atomic E-state index is 12.6. The highest BCUT2D eigenvalue weighted by Crippen LogP contribution is 2.29. The van der Waals surface area contributed by atoms with E-state index in [0.717, 1.165) is 4.31 Å². The van der Waals surface area contributed by atoms with E-state index < -0.39 is 10.0 Å². The van der Waals surface area contributed by atoms with Crippen molar-refractivity contribution in [2.45, 2.75) is 11.8 Å². The second-order valence-corrected chi connectivity index (χ2v) is 7.26. The predicted molar refractivity (Wildman–Crippen MR) is 89.7 cm³/mol. The van der Waals surface area contributed by atoms with Crippen molar-refractivity contribution in [2.24, 2.45) is 0 Å². The van der Waals surface area contributed by atoms with Crippen LogP contribution >= 0.6 is 23.2 Å². The SMILES string of the molecule is CCOc1ccc(S(=O)(=O)N(C)c2ccc(Cl)c(Cl)c2)cc1. The number of rotatable bonds is 5. The van der Waals surface area contributed by atoms with Gasteiger partial charge in [-0.25, -0.2) is 8.42 Å². The van der Waals surface area contributed by atoms with Crippen LogP contribution in [0, 0.1) is 0 Å². The summed E-state index contributed by atoms with van der Waals surface area (Å²) in [6, 6.07) is 10.9. The van der Waals surface area contributed by atoms with E-state index in [9.17, 15) is 8.42 Å². The topological polar surface area (TPSA) is 46.6 Å². The van der Waals surface area contributed by atoms with Crippen molar-refractivity contribution in [3.8, 4) is 5.75 Å². The van der Waals surface area contributed by atoms with Gasteiger partial charge in [0.2, 0.25) is 0 Å². The molecule has 118 valence electrons. The third-order valence-corrected chi connectivity index (χ3v) is 5.60. The van der Waals surface area contributed by atoms with Gasteiger partial charge in [-0.1, -0.05) is 23.2 Å². The zero-order chi connectivity index (χ0) is 16.3. The van der Waals surface area contributed by atoms with E-state index in [1.165, 1.54) is 25.2 Å². The molecule has 0 radical (unpaired) electrons. The van der Waals surface area contributed by atoms with Gasteiger partial charge in [-0.2, -0.15) is 0 Å². The van der Waals surface area contributed by atoms with Gasteiger partial charge in [0.05, 0.1) is 27.2 Å². The lowest BCUT2D eigenvalue weighted by Gasteiger charge is -2.20. The van der Waals surface area contributed by atoms with Gasteiger partial charge in [-0.05, 0) is 49.4 Å². The molecule has 0 unspecified atom stereocenters. The molecular formula is C15H15Cl2NO3S. The number of ether oxygens (including phenoxy) is 1. The van der Waals surface area contributed by atoms with Crippen LogP contribution in [0.15, 0.2) is 47.4 Å². The lowest BCUT2D eigenvalue weighted by molar-refractivity contribution is 0.340. The van der Waals surface area contributed by atoms with E-state index in [1.54, 1.807) is 24.3 Å². The van der Waals surface area contributed by atoms with Gasteiger partial charge in [0.25, 0.3) is 10.0 Å². The van der Waals surface area contributed by atoms with Crippen molar-refractivity contribution < 1.29 is 13.2 Å². The Morgan fingerprint density at radius 2 is 1.68 bits per heavy atom. The van der Waals surface area contributed by atoms with Gasteiger partial charge >= 0.3 is 0 Å². The molecule has 4 nitrogen and oxygen atoms in total. The van der Waals surface area contributed by atoms with Gasteiger partial charge in [0.1, 0.15) is 5.75 Å². The van der Waals surface area contributed by atoms with Crippen molar-refractivity contribution >= 4 is 38.9 Å². The summed E-state index contributed by atoms with van der Waals surface area (Å²) in [4.78, 5) is 0.171. The van der Waals surface area contributed by atoms with Crippen molar-refractivity contribution in [1.82, 2.24) is 0 Å². The van der Waals surface area contributed by atoms with Crippen LogP contribution in [0.2, 0.25) is 10.0 Å². The number of anilines is 1.